The van der Waals surface area contributed by atoms with Gasteiger partial charge in [-0.1, -0.05) is 68.4 Å². The van der Waals surface area contributed by atoms with Crippen LogP contribution in [0.25, 0.3) is 11.1 Å². The highest BCUT2D eigenvalue weighted by Gasteiger charge is 2.29. The molecule has 0 saturated carbocycles. The van der Waals surface area contributed by atoms with Gasteiger partial charge in [0.25, 0.3) is 0 Å². The van der Waals surface area contributed by atoms with Crippen molar-refractivity contribution in [2.24, 2.45) is 11.7 Å². The Morgan fingerprint density at radius 3 is 2.40 bits per heavy atom. The number of nitrogen functional groups attached to an aromatic ring is 1. The Morgan fingerprint density at radius 2 is 1.72 bits per heavy atom. The van der Waals surface area contributed by atoms with Crippen LogP contribution in [0.3, 0.4) is 0 Å². The Morgan fingerprint density at radius 1 is 1.00 bits per heavy atom. The van der Waals surface area contributed by atoms with Gasteiger partial charge in [0, 0.05) is 37.0 Å². The van der Waals surface area contributed by atoms with Crippen molar-refractivity contribution in [2.45, 2.75) is 69.2 Å². The van der Waals surface area contributed by atoms with Crippen LogP contribution < -0.4 is 15.8 Å². The Bertz CT molecular complexity index is 1380. The third kappa shape index (κ3) is 9.43. The number of benzene rings is 3. The SMILES string of the molecule is CNC(=O)CCCC1CCN(C(=O)[C@H](Cc2cccc(C(=N)N)c2)NSc2cccc(-c3ccc(C(C)C)cc3)c2)CC1. The van der Waals surface area contributed by atoms with Crippen molar-refractivity contribution in [1.29, 1.82) is 5.41 Å². The van der Waals surface area contributed by atoms with Crippen molar-refractivity contribution in [3.63, 3.8) is 0 Å². The summed E-state index contributed by atoms with van der Waals surface area (Å²) in [7, 11) is 1.67. The fraction of sp³-hybridized carbons (Fsp3) is 0.400. The van der Waals surface area contributed by atoms with Crippen molar-refractivity contribution in [3.8, 4) is 11.1 Å². The number of hydrogen-bond acceptors (Lipinski definition) is 5. The van der Waals surface area contributed by atoms with E-state index < -0.39 is 6.04 Å². The summed E-state index contributed by atoms with van der Waals surface area (Å²) in [6, 6.07) is 24.3. The zero-order valence-corrected chi connectivity index (χ0v) is 26.4. The van der Waals surface area contributed by atoms with E-state index in [-0.39, 0.29) is 17.6 Å². The molecular weight excluding hydrogens is 554 g/mol. The van der Waals surface area contributed by atoms with Gasteiger partial charge >= 0.3 is 0 Å². The molecule has 1 aliphatic rings. The Balaban J connectivity index is 1.44. The summed E-state index contributed by atoms with van der Waals surface area (Å²) in [4.78, 5) is 28.5. The summed E-state index contributed by atoms with van der Waals surface area (Å²) in [6.45, 7) is 5.84. The molecule has 1 atom stereocenters. The number of amidine groups is 1. The molecule has 3 aromatic carbocycles. The molecule has 8 heteroatoms. The predicted octanol–water partition coefficient (Wildman–Crippen LogP) is 6.12. The largest absolute Gasteiger partial charge is 0.384 e. The third-order valence-electron chi connectivity index (χ3n) is 8.26. The van der Waals surface area contributed by atoms with Crippen molar-refractivity contribution in [2.75, 3.05) is 20.1 Å². The standard InChI is InChI=1S/C35H45N5O2S/c1-24(2)27-13-15-28(16-14-27)29-9-6-11-31(23-29)43-39-32(22-26-8-4-10-30(21-26)34(36)37)35(42)40-19-17-25(18-20-40)7-5-12-33(41)38-3/h4,6,8-11,13-16,21,23-25,32,39H,5,7,12,17-20,22H2,1-3H3,(H3,36,37)(H,38,41)/t32-/m0/s1. The van der Waals surface area contributed by atoms with Crippen LogP contribution >= 0.6 is 11.9 Å². The first-order valence-corrected chi connectivity index (χ1v) is 16.1. The smallest absolute Gasteiger partial charge is 0.240 e. The number of nitrogens with zero attached hydrogens (tertiary/aromatic N) is 1. The quantitative estimate of drug-likeness (QED) is 0.107. The lowest BCUT2D eigenvalue weighted by Crippen LogP contribution is -2.48. The number of nitrogens with one attached hydrogen (secondary N) is 3. The van der Waals surface area contributed by atoms with Gasteiger partial charge in [-0.05, 0) is 96.3 Å². The van der Waals surface area contributed by atoms with Gasteiger partial charge in [0.05, 0.1) is 0 Å². The van der Waals surface area contributed by atoms with E-state index >= 15 is 0 Å². The van der Waals surface area contributed by atoms with Crippen LogP contribution in [0.4, 0.5) is 0 Å². The lowest BCUT2D eigenvalue weighted by molar-refractivity contribution is -0.134. The van der Waals surface area contributed by atoms with Crippen molar-refractivity contribution in [1.82, 2.24) is 14.9 Å². The maximum absolute atomic E-state index is 13.9. The lowest BCUT2D eigenvalue weighted by atomic mass is 9.91. The van der Waals surface area contributed by atoms with E-state index in [1.165, 1.54) is 23.1 Å². The Labute approximate surface area is 260 Å². The molecule has 1 fully saturated rings. The molecule has 0 spiro atoms. The molecule has 3 aromatic rings. The predicted molar refractivity (Wildman–Crippen MR) is 177 cm³/mol. The minimum absolute atomic E-state index is 0.0174. The second-order valence-electron chi connectivity index (χ2n) is 11.7. The number of nitrogens with two attached hydrogens (primary N) is 1. The first-order valence-electron chi connectivity index (χ1n) is 15.3. The lowest BCUT2D eigenvalue weighted by Gasteiger charge is -2.34. The topological polar surface area (TPSA) is 111 Å². The van der Waals surface area contributed by atoms with Gasteiger partial charge < -0.3 is 16.0 Å². The number of likely N-dealkylation sites (tertiary alicyclic amines) is 1. The van der Waals surface area contributed by atoms with Crippen LogP contribution in [0.1, 0.15) is 68.6 Å². The van der Waals surface area contributed by atoms with Crippen molar-refractivity contribution < 1.29 is 9.59 Å². The van der Waals surface area contributed by atoms with E-state index in [0.29, 0.717) is 30.2 Å². The van der Waals surface area contributed by atoms with Crippen LogP contribution in [0, 0.1) is 11.3 Å². The molecule has 228 valence electrons. The fourth-order valence-electron chi connectivity index (χ4n) is 5.56. The molecule has 0 aromatic heterocycles. The highest BCUT2D eigenvalue weighted by atomic mass is 32.2. The van der Waals surface area contributed by atoms with Gasteiger partial charge in [-0.3, -0.25) is 15.0 Å². The fourth-order valence-corrected chi connectivity index (χ4v) is 6.35. The first-order chi connectivity index (χ1) is 20.7. The zero-order valence-electron chi connectivity index (χ0n) is 25.6. The molecule has 1 saturated heterocycles. The molecule has 4 rings (SSSR count). The average Bonchev–Trinajstić information content (AvgIpc) is 3.03. The second kappa shape index (κ2) is 15.7. The van der Waals surface area contributed by atoms with E-state index in [4.69, 9.17) is 11.1 Å². The maximum Gasteiger partial charge on any atom is 0.240 e. The number of amides is 2. The molecule has 5 N–H and O–H groups in total. The summed E-state index contributed by atoms with van der Waals surface area (Å²) in [6.07, 6.45) is 4.86. The molecule has 1 aliphatic heterocycles. The van der Waals surface area contributed by atoms with E-state index in [0.717, 1.165) is 54.8 Å². The van der Waals surface area contributed by atoms with Crippen molar-refractivity contribution >= 4 is 29.6 Å². The Hall–Kier alpha value is -3.62. The minimum atomic E-state index is -0.439. The van der Waals surface area contributed by atoms with Gasteiger partial charge in [0.2, 0.25) is 11.8 Å². The highest BCUT2D eigenvalue weighted by molar-refractivity contribution is 7.97. The second-order valence-corrected chi connectivity index (χ2v) is 12.6. The highest BCUT2D eigenvalue weighted by Crippen LogP contribution is 2.28. The first kappa shape index (κ1) is 32.3. The van der Waals surface area contributed by atoms with E-state index in [1.807, 2.05) is 29.2 Å². The van der Waals surface area contributed by atoms with Gasteiger partial charge in [-0.15, -0.1) is 0 Å². The summed E-state index contributed by atoms with van der Waals surface area (Å²) < 4.78 is 3.49. The van der Waals surface area contributed by atoms with Gasteiger partial charge in [0.1, 0.15) is 11.9 Å². The Kier molecular flexibility index (Phi) is 11.8. The number of carbonyl (C=O) groups excluding carboxylic acids is 2. The van der Waals surface area contributed by atoms with E-state index in [2.05, 4.69) is 72.4 Å². The van der Waals surface area contributed by atoms with Crippen LogP contribution in [-0.4, -0.2) is 48.7 Å². The maximum atomic E-state index is 13.9. The number of piperidine rings is 1. The molecule has 0 aliphatic carbocycles. The van der Waals surface area contributed by atoms with Crippen LogP contribution in [0.15, 0.2) is 77.7 Å². The molecule has 0 unspecified atom stereocenters. The van der Waals surface area contributed by atoms with Gasteiger partial charge in [-0.25, -0.2) is 4.72 Å². The van der Waals surface area contributed by atoms with Gasteiger partial charge in [0.15, 0.2) is 0 Å². The molecule has 43 heavy (non-hydrogen) atoms. The third-order valence-corrected chi connectivity index (χ3v) is 9.15. The van der Waals surface area contributed by atoms with Crippen molar-refractivity contribution in [3.05, 3.63) is 89.5 Å². The van der Waals surface area contributed by atoms with Crippen LogP contribution in [-0.2, 0) is 16.0 Å². The molecule has 7 nitrogen and oxygen atoms in total. The summed E-state index contributed by atoms with van der Waals surface area (Å²) in [5.41, 5.74) is 11.0. The number of carbonyl (C=O) groups is 2. The molecular formula is C35H45N5O2S. The summed E-state index contributed by atoms with van der Waals surface area (Å²) in [5, 5.41) is 10.5. The van der Waals surface area contributed by atoms with E-state index in [1.54, 1.807) is 7.05 Å². The monoisotopic (exact) mass is 599 g/mol. The number of hydrogen-bond donors (Lipinski definition) is 4. The summed E-state index contributed by atoms with van der Waals surface area (Å²) >= 11 is 1.48. The number of rotatable bonds is 13. The molecule has 0 bridgehead atoms. The molecule has 2 amide bonds. The van der Waals surface area contributed by atoms with Crippen LogP contribution in [0.5, 0.6) is 0 Å². The minimum Gasteiger partial charge on any atom is -0.384 e. The molecule has 1 heterocycles. The van der Waals surface area contributed by atoms with Crippen LogP contribution in [0.2, 0.25) is 0 Å². The zero-order chi connectivity index (χ0) is 30.8. The molecule has 0 radical (unpaired) electrons. The summed E-state index contributed by atoms with van der Waals surface area (Å²) in [5.74, 6) is 1.22. The van der Waals surface area contributed by atoms with E-state index in [9.17, 15) is 9.59 Å². The average molecular weight is 600 g/mol. The van der Waals surface area contributed by atoms with Gasteiger partial charge in [-0.2, -0.15) is 0 Å². The normalized spacial score (nSPS) is 14.5.